The predicted octanol–water partition coefficient (Wildman–Crippen LogP) is 1.88. The summed E-state index contributed by atoms with van der Waals surface area (Å²) in [4.78, 5) is 14.5. The fourth-order valence-corrected chi connectivity index (χ4v) is 2.81. The Morgan fingerprint density at radius 2 is 2.21 bits per heavy atom. The van der Waals surface area contributed by atoms with Gasteiger partial charge in [0.1, 0.15) is 0 Å². The number of amides is 1. The third kappa shape index (κ3) is 5.49. The Balaban J connectivity index is 2.18. The quantitative estimate of drug-likeness (QED) is 0.694. The van der Waals surface area contributed by atoms with E-state index < -0.39 is 5.54 Å². The van der Waals surface area contributed by atoms with Gasteiger partial charge in [-0.3, -0.25) is 4.79 Å². The van der Waals surface area contributed by atoms with Crippen LogP contribution in [0.15, 0.2) is 0 Å². The second-order valence-corrected chi connectivity index (χ2v) is 6.16. The van der Waals surface area contributed by atoms with Gasteiger partial charge in [0, 0.05) is 19.1 Å². The number of piperidine rings is 1. The molecule has 1 heterocycles. The molecule has 0 radical (unpaired) electrons. The Bertz CT molecular complexity index is 279. The highest BCUT2D eigenvalue weighted by Crippen LogP contribution is 2.16. The summed E-state index contributed by atoms with van der Waals surface area (Å²) in [5, 5.41) is 2.97. The van der Waals surface area contributed by atoms with Gasteiger partial charge in [0.15, 0.2) is 0 Å². The van der Waals surface area contributed by atoms with Crippen molar-refractivity contribution in [2.24, 2.45) is 5.73 Å². The van der Waals surface area contributed by atoms with Crippen LogP contribution in [0.2, 0.25) is 0 Å². The zero-order valence-electron chi connectivity index (χ0n) is 12.9. The number of nitrogens with zero attached hydrogens (tertiary/aromatic N) is 1. The van der Waals surface area contributed by atoms with Gasteiger partial charge < -0.3 is 16.0 Å². The molecule has 1 aliphatic heterocycles. The normalized spacial score (nSPS) is 23.9. The summed E-state index contributed by atoms with van der Waals surface area (Å²) >= 11 is 0. The number of nitrogens with one attached hydrogen (secondary N) is 1. The number of carbonyl (C=O) groups excluding carboxylic acids is 1. The molecule has 0 spiro atoms. The van der Waals surface area contributed by atoms with Crippen LogP contribution in [0.25, 0.3) is 0 Å². The van der Waals surface area contributed by atoms with Crippen molar-refractivity contribution in [1.82, 2.24) is 10.2 Å². The van der Waals surface area contributed by atoms with Crippen molar-refractivity contribution >= 4 is 5.91 Å². The highest BCUT2D eigenvalue weighted by atomic mass is 16.2. The molecule has 0 saturated carbocycles. The lowest BCUT2D eigenvalue weighted by molar-refractivity contribution is -0.126. The van der Waals surface area contributed by atoms with Gasteiger partial charge in [-0.15, -0.1) is 0 Å². The van der Waals surface area contributed by atoms with Crippen LogP contribution < -0.4 is 11.1 Å². The van der Waals surface area contributed by atoms with Gasteiger partial charge in [0.2, 0.25) is 5.91 Å². The summed E-state index contributed by atoms with van der Waals surface area (Å²) in [7, 11) is 0. The third-order valence-corrected chi connectivity index (χ3v) is 4.14. The standard InChI is InChI=1S/C15H31N3O/c1-4-9-15(3,16)14(19)17-10-7-12-18-11-6-5-8-13(18)2/h13H,4-12,16H2,1-3H3,(H,17,19). The topological polar surface area (TPSA) is 58.4 Å². The second-order valence-electron chi connectivity index (χ2n) is 6.16. The predicted molar refractivity (Wildman–Crippen MR) is 80.0 cm³/mol. The maximum Gasteiger partial charge on any atom is 0.239 e. The molecule has 3 N–H and O–H groups in total. The minimum absolute atomic E-state index is 0.0129. The molecule has 1 fully saturated rings. The average molecular weight is 269 g/mol. The van der Waals surface area contributed by atoms with Crippen molar-refractivity contribution in [3.63, 3.8) is 0 Å². The first-order chi connectivity index (χ1) is 8.97. The van der Waals surface area contributed by atoms with Gasteiger partial charge in [0.05, 0.1) is 5.54 Å². The zero-order valence-corrected chi connectivity index (χ0v) is 12.9. The zero-order chi connectivity index (χ0) is 14.3. The highest BCUT2D eigenvalue weighted by Gasteiger charge is 2.26. The lowest BCUT2D eigenvalue weighted by atomic mass is 9.96. The van der Waals surface area contributed by atoms with Crippen molar-refractivity contribution in [2.45, 2.75) is 70.9 Å². The molecule has 19 heavy (non-hydrogen) atoms. The molecule has 2 unspecified atom stereocenters. The first-order valence-corrected chi connectivity index (χ1v) is 7.78. The molecule has 0 aromatic rings. The van der Waals surface area contributed by atoms with Gasteiger partial charge in [-0.25, -0.2) is 0 Å². The molecule has 0 bridgehead atoms. The van der Waals surface area contributed by atoms with Crippen molar-refractivity contribution < 1.29 is 4.79 Å². The molecule has 1 aliphatic rings. The fourth-order valence-electron chi connectivity index (χ4n) is 2.81. The van der Waals surface area contributed by atoms with Crippen molar-refractivity contribution in [2.75, 3.05) is 19.6 Å². The van der Waals surface area contributed by atoms with E-state index in [2.05, 4.69) is 24.1 Å². The Hall–Kier alpha value is -0.610. The first-order valence-electron chi connectivity index (χ1n) is 7.78. The maximum atomic E-state index is 11.9. The van der Waals surface area contributed by atoms with E-state index in [0.29, 0.717) is 6.04 Å². The average Bonchev–Trinajstić information content (AvgIpc) is 2.36. The molecule has 1 saturated heterocycles. The fraction of sp³-hybridized carbons (Fsp3) is 0.933. The van der Waals surface area contributed by atoms with Crippen LogP contribution in [0.3, 0.4) is 0 Å². The van der Waals surface area contributed by atoms with E-state index in [1.165, 1.54) is 25.8 Å². The molecule has 0 aliphatic carbocycles. The van der Waals surface area contributed by atoms with Gasteiger partial charge in [-0.05, 0) is 46.1 Å². The van der Waals surface area contributed by atoms with Gasteiger partial charge in [0.25, 0.3) is 0 Å². The number of likely N-dealkylation sites (tertiary alicyclic amines) is 1. The molecule has 1 amide bonds. The van der Waals surface area contributed by atoms with Crippen LogP contribution in [-0.2, 0) is 4.79 Å². The van der Waals surface area contributed by atoms with Gasteiger partial charge in [-0.2, -0.15) is 0 Å². The number of hydrogen-bond acceptors (Lipinski definition) is 3. The molecular formula is C15H31N3O. The van der Waals surface area contributed by atoms with Gasteiger partial charge >= 0.3 is 0 Å². The van der Waals surface area contributed by atoms with Crippen LogP contribution in [0.1, 0.15) is 59.3 Å². The van der Waals surface area contributed by atoms with Crippen molar-refractivity contribution in [3.8, 4) is 0 Å². The van der Waals surface area contributed by atoms with Crippen molar-refractivity contribution in [3.05, 3.63) is 0 Å². The minimum Gasteiger partial charge on any atom is -0.354 e. The molecule has 1 rings (SSSR count). The van der Waals surface area contributed by atoms with Gasteiger partial charge in [-0.1, -0.05) is 19.8 Å². The summed E-state index contributed by atoms with van der Waals surface area (Å²) < 4.78 is 0. The van der Waals surface area contributed by atoms with Crippen LogP contribution in [0.5, 0.6) is 0 Å². The number of rotatable bonds is 7. The number of carbonyl (C=O) groups is 1. The van der Waals surface area contributed by atoms with E-state index >= 15 is 0 Å². The summed E-state index contributed by atoms with van der Waals surface area (Å²) in [6, 6.07) is 0.698. The van der Waals surface area contributed by atoms with Crippen molar-refractivity contribution in [1.29, 1.82) is 0 Å². The molecule has 0 aromatic carbocycles. The Morgan fingerprint density at radius 3 is 2.84 bits per heavy atom. The smallest absolute Gasteiger partial charge is 0.239 e. The summed E-state index contributed by atoms with van der Waals surface area (Å²) in [5.74, 6) is -0.0129. The lowest BCUT2D eigenvalue weighted by Crippen LogP contribution is -2.52. The number of hydrogen-bond donors (Lipinski definition) is 2. The van der Waals surface area contributed by atoms with Crippen LogP contribution in [-0.4, -0.2) is 42.0 Å². The minimum atomic E-state index is -0.715. The maximum absolute atomic E-state index is 11.9. The van der Waals surface area contributed by atoms with Crippen LogP contribution in [0.4, 0.5) is 0 Å². The highest BCUT2D eigenvalue weighted by molar-refractivity contribution is 5.85. The summed E-state index contributed by atoms with van der Waals surface area (Å²) in [6.45, 7) is 9.19. The van der Waals surface area contributed by atoms with E-state index in [-0.39, 0.29) is 5.91 Å². The van der Waals surface area contributed by atoms with E-state index in [9.17, 15) is 4.79 Å². The van der Waals surface area contributed by atoms with E-state index in [1.54, 1.807) is 0 Å². The molecular weight excluding hydrogens is 238 g/mol. The van der Waals surface area contributed by atoms with Crippen LogP contribution in [0, 0.1) is 0 Å². The van der Waals surface area contributed by atoms with E-state index in [1.807, 2.05) is 6.92 Å². The third-order valence-electron chi connectivity index (χ3n) is 4.14. The SMILES string of the molecule is CCCC(C)(N)C(=O)NCCCN1CCCCC1C. The monoisotopic (exact) mass is 269 g/mol. The largest absolute Gasteiger partial charge is 0.354 e. The Kier molecular flexibility index (Phi) is 6.80. The summed E-state index contributed by atoms with van der Waals surface area (Å²) in [6.07, 6.45) is 6.67. The molecule has 2 atom stereocenters. The molecule has 112 valence electrons. The second kappa shape index (κ2) is 7.85. The molecule has 4 nitrogen and oxygen atoms in total. The first kappa shape index (κ1) is 16.4. The van der Waals surface area contributed by atoms with Crippen LogP contribution >= 0.6 is 0 Å². The molecule has 0 aromatic heterocycles. The number of nitrogens with two attached hydrogens (primary N) is 1. The Morgan fingerprint density at radius 1 is 1.47 bits per heavy atom. The lowest BCUT2D eigenvalue weighted by Gasteiger charge is -2.33. The summed E-state index contributed by atoms with van der Waals surface area (Å²) in [5.41, 5.74) is 5.28. The Labute approximate surface area is 118 Å². The molecule has 4 heteroatoms. The van der Waals surface area contributed by atoms with E-state index in [0.717, 1.165) is 32.4 Å². The van der Waals surface area contributed by atoms with E-state index in [4.69, 9.17) is 5.73 Å².